The fraction of sp³-hybridized carbons (Fsp3) is 0.125. The minimum Gasteiger partial charge on any atom is -0.225 e. The van der Waals surface area contributed by atoms with Gasteiger partial charge < -0.3 is 0 Å². The molecular formula is C16H12ClFN2S. The van der Waals surface area contributed by atoms with Gasteiger partial charge in [-0.1, -0.05) is 35.9 Å². The van der Waals surface area contributed by atoms with Crippen LogP contribution in [0.2, 0.25) is 5.15 Å². The average molecular weight is 319 g/mol. The molecule has 21 heavy (non-hydrogen) atoms. The lowest BCUT2D eigenvalue weighted by Gasteiger charge is -2.09. The Bertz CT molecular complexity index is 836. The number of aryl methyl sites for hydroxylation is 1. The van der Waals surface area contributed by atoms with Gasteiger partial charge in [-0.25, -0.2) is 14.4 Å². The molecule has 0 aliphatic rings. The van der Waals surface area contributed by atoms with E-state index in [1.807, 2.05) is 37.4 Å². The highest BCUT2D eigenvalue weighted by atomic mass is 35.5. The van der Waals surface area contributed by atoms with Gasteiger partial charge in [0, 0.05) is 15.8 Å². The van der Waals surface area contributed by atoms with Crippen molar-refractivity contribution in [2.24, 2.45) is 0 Å². The number of aromatic nitrogens is 2. The Kier molecular flexibility index (Phi) is 3.83. The minimum atomic E-state index is -0.386. The highest BCUT2D eigenvalue weighted by Gasteiger charge is 2.14. The first-order chi connectivity index (χ1) is 10.1. The van der Waals surface area contributed by atoms with Gasteiger partial charge >= 0.3 is 0 Å². The van der Waals surface area contributed by atoms with Gasteiger partial charge in [-0.15, -0.1) is 11.8 Å². The molecule has 0 fully saturated rings. The van der Waals surface area contributed by atoms with Crippen molar-refractivity contribution in [3.63, 3.8) is 0 Å². The van der Waals surface area contributed by atoms with Crippen LogP contribution in [0, 0.1) is 12.7 Å². The molecule has 106 valence electrons. The van der Waals surface area contributed by atoms with Crippen molar-refractivity contribution in [2.45, 2.75) is 11.8 Å². The largest absolute Gasteiger partial charge is 0.225 e. The van der Waals surface area contributed by atoms with Gasteiger partial charge in [0.05, 0.1) is 0 Å². The summed E-state index contributed by atoms with van der Waals surface area (Å²) in [5.41, 5.74) is 1.98. The summed E-state index contributed by atoms with van der Waals surface area (Å²) < 4.78 is 14.1. The zero-order valence-corrected chi connectivity index (χ0v) is 13.1. The first-order valence-electron chi connectivity index (χ1n) is 6.37. The van der Waals surface area contributed by atoms with Crippen LogP contribution < -0.4 is 0 Å². The maximum Gasteiger partial charge on any atom is 0.162 e. The molecule has 0 spiro atoms. The SMILES string of the molecule is CSc1ccccc1-c1nc(Cl)c2c(C)ccc(F)c2n1. The van der Waals surface area contributed by atoms with Crippen LogP contribution in [-0.2, 0) is 0 Å². The Morgan fingerprint density at radius 3 is 2.62 bits per heavy atom. The fourth-order valence-corrected chi connectivity index (χ4v) is 3.18. The van der Waals surface area contributed by atoms with Crippen molar-refractivity contribution < 1.29 is 4.39 Å². The summed E-state index contributed by atoms with van der Waals surface area (Å²) in [4.78, 5) is 9.78. The lowest BCUT2D eigenvalue weighted by Crippen LogP contribution is -1.96. The van der Waals surface area contributed by atoms with Crippen molar-refractivity contribution in [3.8, 4) is 11.4 Å². The van der Waals surface area contributed by atoms with Crippen LogP contribution in [0.25, 0.3) is 22.3 Å². The number of benzene rings is 2. The molecule has 0 amide bonds. The van der Waals surface area contributed by atoms with E-state index in [1.54, 1.807) is 17.8 Å². The molecule has 0 bridgehead atoms. The third-order valence-corrected chi connectivity index (χ3v) is 4.38. The van der Waals surface area contributed by atoms with Gasteiger partial charge in [0.2, 0.25) is 0 Å². The van der Waals surface area contributed by atoms with E-state index in [-0.39, 0.29) is 16.5 Å². The molecule has 0 saturated heterocycles. The Hall–Kier alpha value is -1.65. The Morgan fingerprint density at radius 1 is 1.10 bits per heavy atom. The molecule has 2 nitrogen and oxygen atoms in total. The zero-order chi connectivity index (χ0) is 15.0. The molecular weight excluding hydrogens is 307 g/mol. The third-order valence-electron chi connectivity index (χ3n) is 3.31. The molecule has 3 aromatic rings. The average Bonchev–Trinajstić information content (AvgIpc) is 2.50. The topological polar surface area (TPSA) is 25.8 Å². The van der Waals surface area contributed by atoms with E-state index in [1.165, 1.54) is 6.07 Å². The molecule has 1 heterocycles. The van der Waals surface area contributed by atoms with Crippen molar-refractivity contribution >= 4 is 34.3 Å². The van der Waals surface area contributed by atoms with Crippen molar-refractivity contribution in [1.29, 1.82) is 0 Å². The molecule has 0 N–H and O–H groups in total. The summed E-state index contributed by atoms with van der Waals surface area (Å²) in [7, 11) is 0. The van der Waals surface area contributed by atoms with E-state index in [0.717, 1.165) is 16.0 Å². The molecule has 2 aromatic carbocycles. The van der Waals surface area contributed by atoms with E-state index < -0.39 is 0 Å². The highest BCUT2D eigenvalue weighted by Crippen LogP contribution is 2.32. The standard InChI is InChI=1S/C16H12ClFN2S/c1-9-7-8-11(18)14-13(9)15(17)20-16(19-14)10-5-3-4-6-12(10)21-2/h3-8H,1-2H3. The van der Waals surface area contributed by atoms with Crippen LogP contribution in [0.3, 0.4) is 0 Å². The van der Waals surface area contributed by atoms with Gasteiger partial charge in [0.1, 0.15) is 16.5 Å². The molecule has 5 heteroatoms. The van der Waals surface area contributed by atoms with Crippen molar-refractivity contribution in [3.05, 3.63) is 52.9 Å². The second kappa shape index (κ2) is 5.62. The Labute approximate surface area is 131 Å². The van der Waals surface area contributed by atoms with Crippen LogP contribution in [0.4, 0.5) is 4.39 Å². The second-order valence-corrected chi connectivity index (χ2v) is 5.83. The molecule has 3 rings (SSSR count). The summed E-state index contributed by atoms with van der Waals surface area (Å²) in [6.07, 6.45) is 1.98. The first-order valence-corrected chi connectivity index (χ1v) is 7.98. The number of nitrogens with zero attached hydrogens (tertiary/aromatic N) is 2. The maximum atomic E-state index is 14.1. The number of hydrogen-bond acceptors (Lipinski definition) is 3. The second-order valence-electron chi connectivity index (χ2n) is 4.63. The minimum absolute atomic E-state index is 0.265. The van der Waals surface area contributed by atoms with Gasteiger partial charge in [-0.3, -0.25) is 0 Å². The summed E-state index contributed by atoms with van der Waals surface area (Å²) in [5, 5.41) is 0.852. The maximum absolute atomic E-state index is 14.1. The fourth-order valence-electron chi connectivity index (χ4n) is 2.27. The quantitative estimate of drug-likeness (QED) is 0.484. The first kappa shape index (κ1) is 14.3. The van der Waals surface area contributed by atoms with Gasteiger partial charge in [0.25, 0.3) is 0 Å². The Balaban J connectivity index is 2.33. The summed E-state index contributed by atoms with van der Waals surface area (Å²) in [6, 6.07) is 10.8. The van der Waals surface area contributed by atoms with Crippen LogP contribution in [0.1, 0.15) is 5.56 Å². The molecule has 0 saturated carbocycles. The molecule has 0 radical (unpaired) electrons. The molecule has 0 unspecified atom stereocenters. The highest BCUT2D eigenvalue weighted by molar-refractivity contribution is 7.98. The lowest BCUT2D eigenvalue weighted by atomic mass is 10.1. The van der Waals surface area contributed by atoms with E-state index >= 15 is 0 Å². The molecule has 0 aliphatic carbocycles. The van der Waals surface area contributed by atoms with Gasteiger partial charge in [-0.05, 0) is 30.9 Å². The molecule has 0 atom stereocenters. The van der Waals surface area contributed by atoms with E-state index in [4.69, 9.17) is 11.6 Å². The van der Waals surface area contributed by atoms with Crippen LogP contribution >= 0.6 is 23.4 Å². The number of hydrogen-bond donors (Lipinski definition) is 0. The number of halogens is 2. The predicted octanol–water partition coefficient (Wildman–Crippen LogP) is 5.12. The summed E-state index contributed by atoms with van der Waals surface area (Å²) in [5.74, 6) is 0.0599. The van der Waals surface area contributed by atoms with Crippen molar-refractivity contribution in [1.82, 2.24) is 9.97 Å². The van der Waals surface area contributed by atoms with Crippen LogP contribution in [0.5, 0.6) is 0 Å². The summed E-state index contributed by atoms with van der Waals surface area (Å²) >= 11 is 7.85. The van der Waals surface area contributed by atoms with Crippen molar-refractivity contribution in [2.75, 3.05) is 6.26 Å². The van der Waals surface area contributed by atoms with Gasteiger partial charge in [-0.2, -0.15) is 0 Å². The predicted molar refractivity (Wildman–Crippen MR) is 86.5 cm³/mol. The number of fused-ring (bicyclic) bond motifs is 1. The zero-order valence-electron chi connectivity index (χ0n) is 11.5. The lowest BCUT2D eigenvalue weighted by molar-refractivity contribution is 0.636. The van der Waals surface area contributed by atoms with Gasteiger partial charge in [0.15, 0.2) is 5.82 Å². The number of thioether (sulfide) groups is 1. The van der Waals surface area contributed by atoms with Crippen LogP contribution in [-0.4, -0.2) is 16.2 Å². The monoisotopic (exact) mass is 318 g/mol. The van der Waals surface area contributed by atoms with Crippen LogP contribution in [0.15, 0.2) is 41.3 Å². The molecule has 1 aromatic heterocycles. The number of rotatable bonds is 2. The smallest absolute Gasteiger partial charge is 0.162 e. The summed E-state index contributed by atoms with van der Waals surface area (Å²) in [6.45, 7) is 1.87. The Morgan fingerprint density at radius 2 is 1.86 bits per heavy atom. The van der Waals surface area contributed by atoms with E-state index in [2.05, 4.69) is 9.97 Å². The normalized spacial score (nSPS) is 11.0. The van der Waals surface area contributed by atoms with E-state index in [9.17, 15) is 4.39 Å². The molecule has 0 aliphatic heterocycles. The van der Waals surface area contributed by atoms with E-state index in [0.29, 0.717) is 11.2 Å². The third kappa shape index (κ3) is 2.49.